The molecule has 4 aromatic rings. The zero-order chi connectivity index (χ0) is 31.8. The molecule has 3 aromatic carbocycles. The lowest BCUT2D eigenvalue weighted by Crippen LogP contribution is -2.61. The molecule has 2 aliphatic rings. The lowest BCUT2D eigenvalue weighted by Gasteiger charge is -2.35. The summed E-state index contributed by atoms with van der Waals surface area (Å²) in [6.45, 7) is 2.64. The van der Waals surface area contributed by atoms with Gasteiger partial charge in [-0.25, -0.2) is 9.59 Å². The number of hydrogen-bond donors (Lipinski definition) is 4. The number of rotatable bonds is 3. The van der Waals surface area contributed by atoms with Crippen LogP contribution in [0.2, 0.25) is 0 Å². The quantitative estimate of drug-likeness (QED) is 0.263. The molecule has 0 saturated heterocycles. The number of para-hydroxylation sites is 1. The van der Waals surface area contributed by atoms with E-state index in [1.807, 2.05) is 30.3 Å². The average Bonchev–Trinajstić information content (AvgIpc) is 3.45. The lowest BCUT2D eigenvalue weighted by atomic mass is 9.90. The van der Waals surface area contributed by atoms with E-state index in [1.165, 1.54) is 12.1 Å². The molecule has 13 heteroatoms. The summed E-state index contributed by atoms with van der Waals surface area (Å²) in [6.07, 6.45) is -2.12. The summed E-state index contributed by atoms with van der Waals surface area (Å²) < 4.78 is 39.6. The van der Waals surface area contributed by atoms with Crippen molar-refractivity contribution in [1.82, 2.24) is 30.6 Å². The molecule has 10 nitrogen and oxygen atoms in total. The molecule has 0 unspecified atom stereocenters. The molecule has 1 aromatic heterocycles. The summed E-state index contributed by atoms with van der Waals surface area (Å²) in [4.78, 5) is 43.7. The first-order chi connectivity index (χ1) is 21.5. The van der Waals surface area contributed by atoms with Gasteiger partial charge < -0.3 is 25.8 Å². The predicted molar refractivity (Wildman–Crippen MR) is 161 cm³/mol. The van der Waals surface area contributed by atoms with Gasteiger partial charge in [-0.05, 0) is 59.9 Å². The standard InChI is InChI=1S/C32H32F3N7O3/c1-31(39-30(45)41-14-12-21-4-2-3-5-26(21)38-29(44)36-13-15-41)16-22-8-11-27-24(17-37-40-27)25(22)19-42(28(31)43)18-20-6-9-23(10-7-20)32(33,34)35/h2-11,17H,12-16,18-19H2,1H3,(H,37,40)(H,39,45)(H2,36,38,44)/t31-/m1/s1. The highest BCUT2D eigenvalue weighted by molar-refractivity contribution is 5.93. The van der Waals surface area contributed by atoms with Gasteiger partial charge in [0, 0.05) is 50.2 Å². The normalized spacial score (nSPS) is 19.2. The first-order valence-electron chi connectivity index (χ1n) is 14.6. The second-order valence-electron chi connectivity index (χ2n) is 11.6. The van der Waals surface area contributed by atoms with E-state index < -0.39 is 23.3 Å². The summed E-state index contributed by atoms with van der Waals surface area (Å²) in [5.41, 5.74) is 2.37. The van der Waals surface area contributed by atoms with E-state index in [1.54, 1.807) is 29.0 Å². The van der Waals surface area contributed by atoms with Gasteiger partial charge in [0.25, 0.3) is 0 Å². The molecular formula is C32H32F3N7O3. The van der Waals surface area contributed by atoms with Gasteiger partial charge in [-0.3, -0.25) is 9.89 Å². The Bertz CT molecular complexity index is 1750. The molecule has 234 valence electrons. The number of fused-ring (bicyclic) bond motifs is 4. The van der Waals surface area contributed by atoms with Crippen molar-refractivity contribution in [3.05, 3.63) is 94.7 Å². The van der Waals surface area contributed by atoms with Crippen molar-refractivity contribution in [3.8, 4) is 0 Å². The molecule has 0 bridgehead atoms. The highest BCUT2D eigenvalue weighted by atomic mass is 19.4. The van der Waals surface area contributed by atoms with Gasteiger partial charge in [-0.1, -0.05) is 36.4 Å². The second kappa shape index (κ2) is 11.8. The Hall–Kier alpha value is -5.07. The van der Waals surface area contributed by atoms with E-state index in [0.29, 0.717) is 24.2 Å². The molecule has 0 radical (unpaired) electrons. The fourth-order valence-corrected chi connectivity index (χ4v) is 6.00. The largest absolute Gasteiger partial charge is 0.416 e. The maximum Gasteiger partial charge on any atom is 0.416 e. The maximum atomic E-state index is 14.3. The van der Waals surface area contributed by atoms with Crippen LogP contribution in [0.5, 0.6) is 0 Å². The zero-order valence-electron chi connectivity index (χ0n) is 24.5. The van der Waals surface area contributed by atoms with Gasteiger partial charge >= 0.3 is 18.2 Å². The average molecular weight is 620 g/mol. The van der Waals surface area contributed by atoms with E-state index in [-0.39, 0.29) is 44.5 Å². The molecule has 45 heavy (non-hydrogen) atoms. The topological polar surface area (TPSA) is 122 Å². The van der Waals surface area contributed by atoms with Crippen molar-refractivity contribution in [2.24, 2.45) is 0 Å². The van der Waals surface area contributed by atoms with Gasteiger partial charge in [0.05, 0.1) is 17.3 Å². The number of hydrogen-bond acceptors (Lipinski definition) is 4. The molecule has 0 saturated carbocycles. The smallest absolute Gasteiger partial charge is 0.336 e. The minimum Gasteiger partial charge on any atom is -0.336 e. The Morgan fingerprint density at radius 3 is 2.58 bits per heavy atom. The van der Waals surface area contributed by atoms with Crippen molar-refractivity contribution in [1.29, 1.82) is 0 Å². The van der Waals surface area contributed by atoms with E-state index in [0.717, 1.165) is 39.7 Å². The Labute approximate surface area is 257 Å². The number of aromatic amines is 1. The summed E-state index contributed by atoms with van der Waals surface area (Å²) in [7, 11) is 0. The number of halogens is 3. The molecule has 0 spiro atoms. The zero-order valence-corrected chi connectivity index (χ0v) is 24.5. The Morgan fingerprint density at radius 2 is 1.80 bits per heavy atom. The maximum absolute atomic E-state index is 14.3. The molecule has 1 atom stereocenters. The number of H-pyrrole nitrogens is 1. The third-order valence-electron chi connectivity index (χ3n) is 8.39. The molecule has 0 fully saturated rings. The second-order valence-corrected chi connectivity index (χ2v) is 11.6. The van der Waals surface area contributed by atoms with E-state index in [9.17, 15) is 27.6 Å². The predicted octanol–water partition coefficient (Wildman–Crippen LogP) is 4.81. The Balaban J connectivity index is 1.29. The molecular weight excluding hydrogens is 587 g/mol. The van der Waals surface area contributed by atoms with Crippen molar-refractivity contribution in [3.63, 3.8) is 0 Å². The third-order valence-corrected chi connectivity index (χ3v) is 8.39. The molecule has 6 rings (SSSR count). The van der Waals surface area contributed by atoms with Crippen LogP contribution in [-0.4, -0.2) is 63.1 Å². The van der Waals surface area contributed by atoms with Crippen molar-refractivity contribution >= 4 is 34.6 Å². The summed E-state index contributed by atoms with van der Waals surface area (Å²) in [5.74, 6) is -0.368. The SMILES string of the molecule is C[C@@]1(NC(=O)N2CCNC(=O)Nc3ccccc3CC2)Cc2ccc3[nH]ncc3c2CN(Cc2ccc(C(F)(F)F)cc2)C1=O. The van der Waals surface area contributed by atoms with E-state index in [2.05, 4.69) is 26.1 Å². The number of anilines is 1. The van der Waals surface area contributed by atoms with Gasteiger partial charge in [-0.15, -0.1) is 0 Å². The van der Waals surface area contributed by atoms with E-state index >= 15 is 0 Å². The lowest BCUT2D eigenvalue weighted by molar-refractivity contribution is -0.139. The number of aromatic nitrogens is 2. The minimum atomic E-state index is -4.47. The fourth-order valence-electron chi connectivity index (χ4n) is 6.00. The van der Waals surface area contributed by atoms with Gasteiger partial charge in [0.15, 0.2) is 0 Å². The van der Waals surface area contributed by atoms with Gasteiger partial charge in [0.1, 0.15) is 5.54 Å². The number of benzene rings is 3. The minimum absolute atomic E-state index is 0.0373. The van der Waals surface area contributed by atoms with Gasteiger partial charge in [0.2, 0.25) is 5.91 Å². The van der Waals surface area contributed by atoms with Crippen LogP contribution in [0.1, 0.15) is 34.7 Å². The fraction of sp³-hybridized carbons (Fsp3) is 0.312. The number of amides is 5. The van der Waals surface area contributed by atoms with Crippen LogP contribution in [0.4, 0.5) is 28.4 Å². The molecule has 4 N–H and O–H groups in total. The number of nitrogens with one attached hydrogen (secondary N) is 4. The number of carbonyl (C=O) groups excluding carboxylic acids is 3. The van der Waals surface area contributed by atoms with Crippen LogP contribution in [-0.2, 0) is 36.9 Å². The van der Waals surface area contributed by atoms with Crippen LogP contribution in [0, 0.1) is 0 Å². The Kier molecular flexibility index (Phi) is 7.85. The number of alkyl halides is 3. The number of urea groups is 2. The first-order valence-corrected chi connectivity index (χ1v) is 14.6. The van der Waals surface area contributed by atoms with Crippen molar-refractivity contribution in [2.75, 3.05) is 25.0 Å². The first kappa shape index (κ1) is 30.0. The molecule has 0 aliphatic carbocycles. The summed E-state index contributed by atoms with van der Waals surface area (Å²) in [6, 6.07) is 15.0. The van der Waals surface area contributed by atoms with Crippen molar-refractivity contribution < 1.29 is 27.6 Å². The number of carbonyl (C=O) groups is 3. The number of nitrogens with zero attached hydrogens (tertiary/aromatic N) is 3. The van der Waals surface area contributed by atoms with Crippen LogP contribution in [0.25, 0.3) is 10.9 Å². The van der Waals surface area contributed by atoms with Crippen LogP contribution < -0.4 is 16.0 Å². The van der Waals surface area contributed by atoms with Gasteiger partial charge in [-0.2, -0.15) is 18.3 Å². The van der Waals surface area contributed by atoms with E-state index in [4.69, 9.17) is 0 Å². The monoisotopic (exact) mass is 619 g/mol. The molecule has 3 heterocycles. The summed E-state index contributed by atoms with van der Waals surface area (Å²) >= 11 is 0. The highest BCUT2D eigenvalue weighted by Gasteiger charge is 2.42. The molecule has 2 aliphatic heterocycles. The van der Waals surface area contributed by atoms with Crippen LogP contribution >= 0.6 is 0 Å². The highest BCUT2D eigenvalue weighted by Crippen LogP contribution is 2.33. The van der Waals surface area contributed by atoms with Crippen LogP contribution in [0.15, 0.2) is 66.9 Å². The summed E-state index contributed by atoms with van der Waals surface area (Å²) in [5, 5.41) is 16.5. The third kappa shape index (κ3) is 6.28. The Morgan fingerprint density at radius 1 is 1.02 bits per heavy atom. The van der Waals surface area contributed by atoms with Crippen molar-refractivity contribution in [2.45, 2.75) is 44.6 Å². The van der Waals surface area contributed by atoms with Crippen LogP contribution in [0.3, 0.4) is 0 Å². The molecule has 5 amide bonds.